The Morgan fingerprint density at radius 1 is 1.40 bits per heavy atom. The zero-order valence-electron chi connectivity index (χ0n) is 12.1. The first kappa shape index (κ1) is 13.3. The lowest BCUT2D eigenvalue weighted by atomic mass is 10.1. The predicted octanol–water partition coefficient (Wildman–Crippen LogP) is 2.18. The Bertz CT molecular complexity index is 599. The van der Waals surface area contributed by atoms with Crippen molar-refractivity contribution in [1.82, 2.24) is 10.3 Å². The number of aromatic nitrogens is 1. The highest BCUT2D eigenvalue weighted by atomic mass is 16.5. The summed E-state index contributed by atoms with van der Waals surface area (Å²) in [7, 11) is 1.95. The third-order valence-corrected chi connectivity index (χ3v) is 3.78. The molecule has 0 radical (unpaired) electrons. The molecule has 0 amide bonds. The number of anilines is 1. The Hall–Kier alpha value is -1.65. The molecule has 20 heavy (non-hydrogen) atoms. The molecule has 1 fully saturated rings. The van der Waals surface area contributed by atoms with Crippen molar-refractivity contribution in [3.05, 3.63) is 36.0 Å². The second-order valence-corrected chi connectivity index (χ2v) is 5.30. The summed E-state index contributed by atoms with van der Waals surface area (Å²) in [6.07, 6.45) is 0. The van der Waals surface area contributed by atoms with Crippen molar-refractivity contribution in [1.29, 1.82) is 0 Å². The van der Waals surface area contributed by atoms with Gasteiger partial charge in [0.2, 0.25) is 0 Å². The van der Waals surface area contributed by atoms with Crippen LogP contribution in [0.1, 0.15) is 12.6 Å². The Balaban J connectivity index is 2.11. The van der Waals surface area contributed by atoms with Crippen LogP contribution in [0.4, 0.5) is 5.69 Å². The van der Waals surface area contributed by atoms with Gasteiger partial charge < -0.3 is 15.0 Å². The molecule has 1 unspecified atom stereocenters. The van der Waals surface area contributed by atoms with E-state index in [9.17, 15) is 0 Å². The van der Waals surface area contributed by atoms with Gasteiger partial charge in [-0.25, -0.2) is 0 Å². The summed E-state index contributed by atoms with van der Waals surface area (Å²) in [4.78, 5) is 7.16. The Morgan fingerprint density at radius 3 is 3.05 bits per heavy atom. The summed E-state index contributed by atoms with van der Waals surface area (Å²) in [5.41, 5.74) is 3.42. The van der Waals surface area contributed by atoms with Crippen molar-refractivity contribution in [2.75, 3.05) is 31.7 Å². The minimum absolute atomic E-state index is 0.400. The lowest BCUT2D eigenvalue weighted by Crippen LogP contribution is -2.43. The number of rotatable bonds is 3. The summed E-state index contributed by atoms with van der Waals surface area (Å²) in [6, 6.07) is 11.0. The fourth-order valence-electron chi connectivity index (χ4n) is 2.80. The molecule has 106 valence electrons. The molecule has 4 heteroatoms. The molecule has 1 N–H and O–H groups in total. The van der Waals surface area contributed by atoms with Crippen LogP contribution in [0, 0.1) is 0 Å². The number of benzene rings is 1. The van der Waals surface area contributed by atoms with Crippen LogP contribution in [0.25, 0.3) is 10.9 Å². The zero-order chi connectivity index (χ0) is 13.9. The largest absolute Gasteiger partial charge is 0.377 e. The van der Waals surface area contributed by atoms with Gasteiger partial charge in [-0.15, -0.1) is 0 Å². The molecule has 0 aliphatic carbocycles. The molecule has 0 saturated carbocycles. The summed E-state index contributed by atoms with van der Waals surface area (Å²) >= 11 is 0. The molecule has 1 aliphatic heterocycles. The number of nitrogens with one attached hydrogen (secondary N) is 1. The fourth-order valence-corrected chi connectivity index (χ4v) is 2.80. The maximum absolute atomic E-state index is 5.55. The summed E-state index contributed by atoms with van der Waals surface area (Å²) in [5.74, 6) is 0. The van der Waals surface area contributed by atoms with Gasteiger partial charge in [-0.2, -0.15) is 0 Å². The van der Waals surface area contributed by atoms with Crippen LogP contribution in [0.2, 0.25) is 0 Å². The van der Waals surface area contributed by atoms with Gasteiger partial charge in [0.05, 0.1) is 24.4 Å². The number of morpholine rings is 1. The summed E-state index contributed by atoms with van der Waals surface area (Å²) in [5, 5.41) is 4.41. The third-order valence-electron chi connectivity index (χ3n) is 3.78. The van der Waals surface area contributed by atoms with Gasteiger partial charge in [0.1, 0.15) is 0 Å². The predicted molar refractivity (Wildman–Crippen MR) is 82.1 cm³/mol. The van der Waals surface area contributed by atoms with E-state index in [2.05, 4.69) is 41.4 Å². The quantitative estimate of drug-likeness (QED) is 0.928. The molecule has 0 spiro atoms. The highest BCUT2D eigenvalue weighted by Gasteiger charge is 2.21. The number of para-hydroxylation sites is 1. The van der Waals surface area contributed by atoms with E-state index in [0.29, 0.717) is 6.04 Å². The maximum atomic E-state index is 5.55. The van der Waals surface area contributed by atoms with Crippen molar-refractivity contribution in [3.63, 3.8) is 0 Å². The van der Waals surface area contributed by atoms with E-state index in [1.54, 1.807) is 0 Å². The van der Waals surface area contributed by atoms with Crippen molar-refractivity contribution in [2.24, 2.45) is 0 Å². The third kappa shape index (κ3) is 2.49. The monoisotopic (exact) mass is 271 g/mol. The van der Waals surface area contributed by atoms with Crippen LogP contribution in [0.5, 0.6) is 0 Å². The van der Waals surface area contributed by atoms with Crippen LogP contribution in [0.15, 0.2) is 30.3 Å². The first-order valence-electron chi connectivity index (χ1n) is 7.17. The van der Waals surface area contributed by atoms with E-state index in [-0.39, 0.29) is 0 Å². The van der Waals surface area contributed by atoms with Gasteiger partial charge >= 0.3 is 0 Å². The second kappa shape index (κ2) is 5.77. The van der Waals surface area contributed by atoms with Crippen LogP contribution in [-0.2, 0) is 11.3 Å². The van der Waals surface area contributed by atoms with Gasteiger partial charge in [0, 0.05) is 30.2 Å². The lowest BCUT2D eigenvalue weighted by Gasteiger charge is -2.36. The Kier molecular flexibility index (Phi) is 3.85. The maximum Gasteiger partial charge on any atom is 0.0726 e. The Morgan fingerprint density at radius 2 is 2.25 bits per heavy atom. The normalized spacial score (nSPS) is 19.5. The molecule has 1 aromatic heterocycles. The topological polar surface area (TPSA) is 37.4 Å². The van der Waals surface area contributed by atoms with E-state index in [1.165, 1.54) is 11.1 Å². The summed E-state index contributed by atoms with van der Waals surface area (Å²) in [6.45, 7) is 5.52. The smallest absolute Gasteiger partial charge is 0.0726 e. The summed E-state index contributed by atoms with van der Waals surface area (Å²) < 4.78 is 5.55. The molecule has 1 atom stereocenters. The van der Waals surface area contributed by atoms with E-state index in [4.69, 9.17) is 9.72 Å². The number of hydrogen-bond acceptors (Lipinski definition) is 4. The highest BCUT2D eigenvalue weighted by Crippen LogP contribution is 2.29. The molecule has 2 heterocycles. The molecule has 4 nitrogen and oxygen atoms in total. The molecule has 0 bridgehead atoms. The Labute approximate surface area is 119 Å². The van der Waals surface area contributed by atoms with Gasteiger partial charge in [-0.05, 0) is 26.1 Å². The molecule has 1 aromatic carbocycles. The van der Waals surface area contributed by atoms with E-state index in [0.717, 1.165) is 37.5 Å². The fraction of sp³-hybridized carbons (Fsp3) is 0.438. The van der Waals surface area contributed by atoms with E-state index in [1.807, 2.05) is 13.1 Å². The van der Waals surface area contributed by atoms with Crippen molar-refractivity contribution in [3.8, 4) is 0 Å². The van der Waals surface area contributed by atoms with Gasteiger partial charge in [0.25, 0.3) is 0 Å². The number of fused-ring (bicyclic) bond motifs is 1. The molecule has 1 saturated heterocycles. The van der Waals surface area contributed by atoms with Crippen molar-refractivity contribution in [2.45, 2.75) is 19.5 Å². The zero-order valence-corrected chi connectivity index (χ0v) is 12.1. The molecular formula is C16H21N3O. The average Bonchev–Trinajstić information content (AvgIpc) is 2.47. The van der Waals surface area contributed by atoms with E-state index >= 15 is 0 Å². The molecule has 3 rings (SSSR count). The number of nitrogens with zero attached hydrogens (tertiary/aromatic N) is 2. The van der Waals surface area contributed by atoms with Gasteiger partial charge in [-0.3, -0.25) is 4.98 Å². The van der Waals surface area contributed by atoms with Crippen LogP contribution in [0.3, 0.4) is 0 Å². The van der Waals surface area contributed by atoms with Gasteiger partial charge in [0.15, 0.2) is 0 Å². The highest BCUT2D eigenvalue weighted by molar-refractivity contribution is 5.92. The average molecular weight is 271 g/mol. The lowest BCUT2D eigenvalue weighted by molar-refractivity contribution is 0.0991. The van der Waals surface area contributed by atoms with Crippen LogP contribution < -0.4 is 10.2 Å². The molecule has 1 aliphatic rings. The number of pyridine rings is 1. The van der Waals surface area contributed by atoms with E-state index < -0.39 is 0 Å². The number of hydrogen-bond donors (Lipinski definition) is 1. The van der Waals surface area contributed by atoms with Crippen molar-refractivity contribution >= 4 is 16.6 Å². The minimum atomic E-state index is 0.400. The minimum Gasteiger partial charge on any atom is -0.377 e. The van der Waals surface area contributed by atoms with Gasteiger partial charge in [-0.1, -0.05) is 18.2 Å². The van der Waals surface area contributed by atoms with Crippen LogP contribution >= 0.6 is 0 Å². The van der Waals surface area contributed by atoms with Crippen molar-refractivity contribution < 1.29 is 4.74 Å². The second-order valence-electron chi connectivity index (χ2n) is 5.30. The number of ether oxygens (including phenoxy) is 1. The molecular weight excluding hydrogens is 250 g/mol. The first-order chi connectivity index (χ1) is 9.79. The SMILES string of the molecule is CNCc1cc(N2CCOCC2C)c2ccccc2n1. The standard InChI is InChI=1S/C16H21N3O/c1-12-11-20-8-7-19(12)16-9-13(10-17-2)18-15-6-4-3-5-14(15)16/h3-6,9,12,17H,7-8,10-11H2,1-2H3. The molecule has 2 aromatic rings. The van der Waals surface area contributed by atoms with Crippen LogP contribution in [-0.4, -0.2) is 37.8 Å². The first-order valence-corrected chi connectivity index (χ1v) is 7.17.